The lowest BCUT2D eigenvalue weighted by Crippen LogP contribution is -2.24. The van der Waals surface area contributed by atoms with E-state index in [9.17, 15) is 13.2 Å². The first kappa shape index (κ1) is 20.3. The van der Waals surface area contributed by atoms with Crippen LogP contribution in [0.5, 0.6) is 0 Å². The van der Waals surface area contributed by atoms with Gasteiger partial charge in [0.15, 0.2) is 0 Å². The first-order valence-electron chi connectivity index (χ1n) is 8.06. The lowest BCUT2D eigenvalue weighted by molar-refractivity contribution is 0.0828. The summed E-state index contributed by atoms with van der Waals surface area (Å²) in [5.41, 5.74) is 1.33. The molecule has 0 aromatic heterocycles. The van der Waals surface area contributed by atoms with Gasteiger partial charge in [-0.05, 0) is 41.3 Å². The van der Waals surface area contributed by atoms with Crippen LogP contribution in [0.2, 0.25) is 5.02 Å². The van der Waals surface area contributed by atoms with E-state index in [1.54, 1.807) is 44.4 Å². The van der Waals surface area contributed by atoms with E-state index in [0.717, 1.165) is 5.56 Å². The molecular weight excluding hydrogens is 372 g/mol. The summed E-state index contributed by atoms with van der Waals surface area (Å²) in [6.07, 6.45) is 0. The molecule has 0 bridgehead atoms. The fourth-order valence-corrected chi connectivity index (χ4v) is 3.61. The molecule has 0 aliphatic heterocycles. The first-order chi connectivity index (χ1) is 11.9. The molecule has 0 radical (unpaired) electrons. The quantitative estimate of drug-likeness (QED) is 0.847. The third-order valence-corrected chi connectivity index (χ3v) is 5.51. The number of hydrogen-bond donors (Lipinski definition) is 1. The SMILES string of the molecule is CN(C)C(=O)c1ccc(Cl)cc1NS(=O)(=O)c1ccc(C(C)(C)C)cc1. The molecule has 2 aromatic rings. The molecule has 1 N–H and O–H groups in total. The van der Waals surface area contributed by atoms with Crippen molar-refractivity contribution < 1.29 is 13.2 Å². The van der Waals surface area contributed by atoms with Crippen LogP contribution in [0.4, 0.5) is 5.69 Å². The van der Waals surface area contributed by atoms with Crippen LogP contribution in [-0.4, -0.2) is 33.3 Å². The van der Waals surface area contributed by atoms with E-state index in [1.807, 2.05) is 0 Å². The number of nitrogens with zero attached hydrogens (tertiary/aromatic N) is 1. The Balaban J connectivity index is 2.41. The van der Waals surface area contributed by atoms with Crippen LogP contribution >= 0.6 is 11.6 Å². The van der Waals surface area contributed by atoms with Crippen molar-refractivity contribution in [2.24, 2.45) is 0 Å². The highest BCUT2D eigenvalue weighted by Crippen LogP contribution is 2.27. The molecule has 0 aliphatic carbocycles. The predicted molar refractivity (Wildman–Crippen MR) is 105 cm³/mol. The lowest BCUT2D eigenvalue weighted by Gasteiger charge is -2.19. The molecule has 0 heterocycles. The Morgan fingerprint density at radius 1 is 1.04 bits per heavy atom. The number of carbonyl (C=O) groups excluding carboxylic acids is 1. The summed E-state index contributed by atoms with van der Waals surface area (Å²) in [5, 5.41) is 0.334. The zero-order valence-electron chi connectivity index (χ0n) is 15.5. The molecule has 5 nitrogen and oxygen atoms in total. The molecule has 0 saturated heterocycles. The maximum atomic E-state index is 12.7. The van der Waals surface area contributed by atoms with Gasteiger partial charge in [0.1, 0.15) is 0 Å². The molecule has 0 atom stereocenters. The summed E-state index contributed by atoms with van der Waals surface area (Å²) in [7, 11) is -0.658. The van der Waals surface area contributed by atoms with Gasteiger partial charge >= 0.3 is 0 Å². The molecule has 0 fully saturated rings. The molecule has 140 valence electrons. The van der Waals surface area contributed by atoms with E-state index in [1.165, 1.54) is 17.0 Å². The fraction of sp³-hybridized carbons (Fsp3) is 0.316. The average molecular weight is 395 g/mol. The van der Waals surface area contributed by atoms with Crippen LogP contribution in [-0.2, 0) is 15.4 Å². The second-order valence-corrected chi connectivity index (χ2v) is 9.39. The minimum Gasteiger partial charge on any atom is -0.345 e. The summed E-state index contributed by atoms with van der Waals surface area (Å²) in [5.74, 6) is -0.317. The van der Waals surface area contributed by atoms with E-state index in [2.05, 4.69) is 25.5 Å². The Morgan fingerprint density at radius 2 is 1.62 bits per heavy atom. The molecule has 0 aliphatic rings. The van der Waals surface area contributed by atoms with Crippen molar-refractivity contribution in [1.82, 2.24) is 4.90 Å². The molecule has 0 spiro atoms. The van der Waals surface area contributed by atoms with Gasteiger partial charge < -0.3 is 4.90 Å². The van der Waals surface area contributed by atoms with Crippen LogP contribution < -0.4 is 4.72 Å². The minimum absolute atomic E-state index is 0.0754. The highest BCUT2D eigenvalue weighted by molar-refractivity contribution is 7.92. The third-order valence-electron chi connectivity index (χ3n) is 3.89. The second kappa shape index (κ2) is 7.29. The summed E-state index contributed by atoms with van der Waals surface area (Å²) in [6, 6.07) is 11.2. The van der Waals surface area contributed by atoms with Crippen molar-refractivity contribution in [1.29, 1.82) is 0 Å². The monoisotopic (exact) mass is 394 g/mol. The van der Waals surface area contributed by atoms with E-state index in [-0.39, 0.29) is 27.5 Å². The van der Waals surface area contributed by atoms with Gasteiger partial charge in [-0.3, -0.25) is 9.52 Å². The molecule has 0 saturated carbocycles. The van der Waals surface area contributed by atoms with Crippen molar-refractivity contribution in [3.63, 3.8) is 0 Å². The number of benzene rings is 2. The molecule has 2 rings (SSSR count). The Hall–Kier alpha value is -2.05. The largest absolute Gasteiger partial charge is 0.345 e. The molecule has 2 aromatic carbocycles. The van der Waals surface area contributed by atoms with Gasteiger partial charge in [-0.15, -0.1) is 0 Å². The van der Waals surface area contributed by atoms with Crippen molar-refractivity contribution in [3.05, 3.63) is 58.6 Å². The van der Waals surface area contributed by atoms with Crippen molar-refractivity contribution >= 4 is 33.2 Å². The number of halogens is 1. The van der Waals surface area contributed by atoms with E-state index in [0.29, 0.717) is 5.02 Å². The number of anilines is 1. The number of amides is 1. The number of nitrogens with one attached hydrogen (secondary N) is 1. The zero-order chi connectivity index (χ0) is 19.7. The van der Waals surface area contributed by atoms with Gasteiger partial charge in [-0.2, -0.15) is 0 Å². The van der Waals surface area contributed by atoms with Crippen LogP contribution in [0.15, 0.2) is 47.4 Å². The maximum Gasteiger partial charge on any atom is 0.261 e. The van der Waals surface area contributed by atoms with Gasteiger partial charge in [0.2, 0.25) is 0 Å². The van der Waals surface area contributed by atoms with Gasteiger partial charge in [-0.25, -0.2) is 8.42 Å². The Kier molecular flexibility index (Phi) is 5.68. The summed E-state index contributed by atoms with van der Waals surface area (Å²) in [6.45, 7) is 6.17. The molecule has 1 amide bonds. The zero-order valence-corrected chi connectivity index (χ0v) is 17.1. The average Bonchev–Trinajstić information content (AvgIpc) is 2.53. The Bertz CT molecular complexity index is 915. The van der Waals surface area contributed by atoms with Crippen molar-refractivity contribution in [3.8, 4) is 0 Å². The standard InChI is InChI=1S/C19H23ClN2O3S/c1-19(2,3)13-6-9-15(10-7-13)26(24,25)21-17-12-14(20)8-11-16(17)18(23)22(4)5/h6-12,21H,1-5H3. The molecule has 0 unspecified atom stereocenters. The van der Waals surface area contributed by atoms with Crippen LogP contribution in [0.3, 0.4) is 0 Å². The van der Waals surface area contributed by atoms with E-state index in [4.69, 9.17) is 11.6 Å². The molecule has 7 heteroatoms. The third kappa shape index (κ3) is 4.56. The summed E-state index contributed by atoms with van der Waals surface area (Å²) in [4.78, 5) is 13.8. The van der Waals surface area contributed by atoms with Gasteiger partial charge in [0.25, 0.3) is 15.9 Å². The van der Waals surface area contributed by atoms with Gasteiger partial charge in [0, 0.05) is 19.1 Å². The fourth-order valence-electron chi connectivity index (χ4n) is 2.37. The topological polar surface area (TPSA) is 66.5 Å². The van der Waals surface area contributed by atoms with Crippen LogP contribution in [0.25, 0.3) is 0 Å². The summed E-state index contributed by atoms with van der Waals surface area (Å²) >= 11 is 5.99. The number of sulfonamides is 1. The molecular formula is C19H23ClN2O3S. The number of rotatable bonds is 4. The van der Waals surface area contributed by atoms with Crippen molar-refractivity contribution in [2.45, 2.75) is 31.1 Å². The predicted octanol–water partition coefficient (Wildman–Crippen LogP) is 4.14. The van der Waals surface area contributed by atoms with Gasteiger partial charge in [0.05, 0.1) is 16.1 Å². The second-order valence-electron chi connectivity index (χ2n) is 7.27. The highest BCUT2D eigenvalue weighted by Gasteiger charge is 2.21. The Morgan fingerprint density at radius 3 is 2.12 bits per heavy atom. The minimum atomic E-state index is -3.85. The molecule has 26 heavy (non-hydrogen) atoms. The highest BCUT2D eigenvalue weighted by atomic mass is 35.5. The smallest absolute Gasteiger partial charge is 0.261 e. The van der Waals surface area contributed by atoms with Crippen LogP contribution in [0, 0.1) is 0 Å². The lowest BCUT2D eigenvalue weighted by atomic mass is 9.87. The Labute approximate surface area is 160 Å². The number of hydrogen-bond acceptors (Lipinski definition) is 3. The van der Waals surface area contributed by atoms with E-state index >= 15 is 0 Å². The summed E-state index contributed by atoms with van der Waals surface area (Å²) < 4.78 is 28.0. The number of carbonyl (C=O) groups is 1. The van der Waals surface area contributed by atoms with Crippen LogP contribution in [0.1, 0.15) is 36.7 Å². The maximum absolute atomic E-state index is 12.7. The normalized spacial score (nSPS) is 11.9. The first-order valence-corrected chi connectivity index (χ1v) is 9.92. The van der Waals surface area contributed by atoms with Crippen molar-refractivity contribution in [2.75, 3.05) is 18.8 Å². The van der Waals surface area contributed by atoms with Gasteiger partial charge in [-0.1, -0.05) is 44.5 Å². The van der Waals surface area contributed by atoms with E-state index < -0.39 is 10.0 Å².